The number of piperidine rings is 2. The predicted octanol–water partition coefficient (Wildman–Crippen LogP) is 4.44. The van der Waals surface area contributed by atoms with Crippen LogP contribution in [0.15, 0.2) is 78.6 Å². The third-order valence-corrected chi connectivity index (χ3v) is 11.9. The van der Waals surface area contributed by atoms with Crippen LogP contribution < -0.4 is 21.3 Å². The smallest absolute Gasteiger partial charge is 0.262 e. The first kappa shape index (κ1) is 39.6. The topological polar surface area (TPSA) is 185 Å². The second-order valence-electron chi connectivity index (χ2n) is 15.6. The van der Waals surface area contributed by atoms with Gasteiger partial charge in [0, 0.05) is 80.1 Å². The minimum absolute atomic E-state index is 0.101. The minimum Gasteiger partial charge on any atom is -0.404 e. The number of rotatable bonds is 14. The lowest BCUT2D eigenvalue weighted by molar-refractivity contribution is -0.136. The van der Waals surface area contributed by atoms with Gasteiger partial charge in [-0.15, -0.1) is 6.58 Å². The fraction of sp³-hybridized carbons (Fsp3) is 0.386. The molecule has 8 rings (SSSR count). The standard InChI is InChI=1S/C44H51N11O4/c1-2-3-16-46-28-31(27-45)39-35-13-17-47-40(35)51-44(50-39)48-32-7-5-29(6-8-32)30-14-20-52(21-15-30)18-4-19-53-22-24-54(25-23-53)33-9-10-34-36(26-33)43(59)55(42(34)58)37-11-12-38(56)49-41(37)57/h2,5-10,13,17,26-28,30,37H,1,3-4,11-12,14-16,18-25,45H2,(H,49,56,57)(H2,47,48,50,51)/b31-27+,46-28?. The number of nitrogens with zero attached hydrogens (tertiary/aromatic N) is 7. The molecule has 15 nitrogen and oxygen atoms in total. The summed E-state index contributed by atoms with van der Waals surface area (Å²) in [6, 6.07) is 15.0. The predicted molar refractivity (Wildman–Crippen MR) is 229 cm³/mol. The Morgan fingerprint density at radius 1 is 0.898 bits per heavy atom. The molecule has 306 valence electrons. The summed E-state index contributed by atoms with van der Waals surface area (Å²) in [6.07, 6.45) is 11.4. The van der Waals surface area contributed by atoms with Gasteiger partial charge in [-0.2, -0.15) is 4.98 Å². The number of hydrogen-bond donors (Lipinski definition) is 4. The minimum atomic E-state index is -0.961. The monoisotopic (exact) mass is 797 g/mol. The van der Waals surface area contributed by atoms with Gasteiger partial charge < -0.3 is 25.8 Å². The number of allylic oxidation sites excluding steroid dienone is 1. The summed E-state index contributed by atoms with van der Waals surface area (Å²) >= 11 is 0. The zero-order chi connectivity index (χ0) is 40.9. The van der Waals surface area contributed by atoms with Crippen molar-refractivity contribution in [2.45, 2.75) is 50.5 Å². The van der Waals surface area contributed by atoms with Crippen molar-refractivity contribution in [2.75, 3.05) is 69.1 Å². The number of carbonyl (C=O) groups excluding carboxylic acids is 4. The first-order valence-electron chi connectivity index (χ1n) is 20.6. The molecule has 0 spiro atoms. The van der Waals surface area contributed by atoms with E-state index in [2.05, 4.69) is 71.1 Å². The number of likely N-dealkylation sites (tertiary alicyclic amines) is 1. The number of piperazine rings is 1. The Bertz CT molecular complexity index is 2280. The number of carbonyl (C=O) groups is 4. The number of hydrogen-bond acceptors (Lipinski definition) is 12. The van der Waals surface area contributed by atoms with Crippen LogP contribution in [0.2, 0.25) is 0 Å². The van der Waals surface area contributed by atoms with Crippen LogP contribution >= 0.6 is 0 Å². The zero-order valence-corrected chi connectivity index (χ0v) is 33.2. The van der Waals surface area contributed by atoms with Crippen LogP contribution in [0.4, 0.5) is 17.3 Å². The quantitative estimate of drug-likeness (QED) is 0.0612. The lowest BCUT2D eigenvalue weighted by Crippen LogP contribution is -2.54. The van der Waals surface area contributed by atoms with Crippen LogP contribution in [0.25, 0.3) is 16.6 Å². The Morgan fingerprint density at radius 3 is 2.37 bits per heavy atom. The number of imide groups is 2. The molecule has 2 aromatic heterocycles. The number of aromatic nitrogens is 3. The number of nitrogens with one attached hydrogen (secondary N) is 3. The highest BCUT2D eigenvalue weighted by Crippen LogP contribution is 2.32. The summed E-state index contributed by atoms with van der Waals surface area (Å²) < 4.78 is 0. The normalized spacial score (nSPS) is 19.9. The van der Waals surface area contributed by atoms with Crippen LogP contribution in [0, 0.1) is 0 Å². The van der Waals surface area contributed by atoms with Crippen LogP contribution in [-0.4, -0.2) is 124 Å². The Hall–Kier alpha value is -6.19. The van der Waals surface area contributed by atoms with Crippen LogP contribution in [-0.2, 0) is 9.59 Å². The number of nitrogens with two attached hydrogens (primary N) is 1. The molecular weight excluding hydrogens is 747 g/mol. The van der Waals surface area contributed by atoms with E-state index in [9.17, 15) is 19.2 Å². The summed E-state index contributed by atoms with van der Waals surface area (Å²) in [5.74, 6) is -0.928. The lowest BCUT2D eigenvalue weighted by Gasteiger charge is -2.37. The molecular formula is C44H51N11O4. The number of anilines is 3. The van der Waals surface area contributed by atoms with Gasteiger partial charge in [0.1, 0.15) is 11.7 Å². The Kier molecular flexibility index (Phi) is 11.9. The molecule has 5 N–H and O–H groups in total. The van der Waals surface area contributed by atoms with E-state index in [1.165, 1.54) is 11.8 Å². The Morgan fingerprint density at radius 2 is 1.64 bits per heavy atom. The number of aliphatic imine (C=N–C) groups is 1. The van der Waals surface area contributed by atoms with E-state index in [-0.39, 0.29) is 18.7 Å². The van der Waals surface area contributed by atoms with Gasteiger partial charge >= 0.3 is 0 Å². The number of amides is 4. The largest absolute Gasteiger partial charge is 0.404 e. The highest BCUT2D eigenvalue weighted by atomic mass is 16.2. The Labute approximate surface area is 343 Å². The van der Waals surface area contributed by atoms with Gasteiger partial charge in [-0.1, -0.05) is 18.2 Å². The summed E-state index contributed by atoms with van der Waals surface area (Å²) in [6.45, 7) is 12.2. The molecule has 15 heteroatoms. The van der Waals surface area contributed by atoms with E-state index < -0.39 is 23.8 Å². The van der Waals surface area contributed by atoms with Crippen molar-refractivity contribution in [2.24, 2.45) is 10.7 Å². The molecule has 3 saturated heterocycles. The van der Waals surface area contributed by atoms with Gasteiger partial charge in [0.25, 0.3) is 11.8 Å². The molecule has 4 aromatic rings. The highest BCUT2D eigenvalue weighted by molar-refractivity contribution is 6.23. The van der Waals surface area contributed by atoms with E-state index in [1.807, 2.05) is 24.4 Å². The summed E-state index contributed by atoms with van der Waals surface area (Å²) in [7, 11) is 0. The molecule has 3 fully saturated rings. The van der Waals surface area contributed by atoms with Gasteiger partial charge in [0.15, 0.2) is 0 Å². The molecule has 0 saturated carbocycles. The van der Waals surface area contributed by atoms with Crippen molar-refractivity contribution in [3.8, 4) is 0 Å². The van der Waals surface area contributed by atoms with Crippen LogP contribution in [0.5, 0.6) is 0 Å². The molecule has 2 aromatic carbocycles. The first-order valence-corrected chi connectivity index (χ1v) is 20.6. The maximum absolute atomic E-state index is 13.3. The van der Waals surface area contributed by atoms with Crippen molar-refractivity contribution >= 4 is 63.8 Å². The molecule has 0 radical (unpaired) electrons. The van der Waals surface area contributed by atoms with Gasteiger partial charge in [0.05, 0.1) is 16.8 Å². The second kappa shape index (κ2) is 17.7. The Balaban J connectivity index is 0.772. The fourth-order valence-corrected chi connectivity index (χ4v) is 8.59. The number of H-pyrrole nitrogens is 1. The van der Waals surface area contributed by atoms with Gasteiger partial charge in [0.2, 0.25) is 17.8 Å². The molecule has 4 amide bonds. The third kappa shape index (κ3) is 8.66. The maximum Gasteiger partial charge on any atom is 0.262 e. The number of aromatic amines is 1. The van der Waals surface area contributed by atoms with Gasteiger partial charge in [-0.25, -0.2) is 4.98 Å². The molecule has 4 aliphatic rings. The molecule has 1 atom stereocenters. The van der Waals surface area contributed by atoms with Crippen molar-refractivity contribution in [3.63, 3.8) is 0 Å². The SMILES string of the molecule is C=CCCN=C/C(=C\N)c1nc(Nc2ccc(C3CCN(CCCN4CCN(c5ccc6c(c5)C(=O)N(C5CCC(=O)NC5=O)C6=O)CC4)CC3)cc2)nc2[nH]ccc12. The highest BCUT2D eigenvalue weighted by Gasteiger charge is 2.44. The summed E-state index contributed by atoms with van der Waals surface area (Å²) in [4.78, 5) is 76.0. The molecule has 1 unspecified atom stereocenters. The van der Waals surface area contributed by atoms with E-state index >= 15 is 0 Å². The van der Waals surface area contributed by atoms with Crippen molar-refractivity contribution < 1.29 is 19.2 Å². The van der Waals surface area contributed by atoms with Crippen LogP contribution in [0.1, 0.15) is 76.4 Å². The van der Waals surface area contributed by atoms with Gasteiger partial charge in [-0.05, 0) is 106 Å². The summed E-state index contributed by atoms with van der Waals surface area (Å²) in [5, 5.41) is 6.50. The summed E-state index contributed by atoms with van der Waals surface area (Å²) in [5.41, 5.74) is 11.9. The van der Waals surface area contributed by atoms with Gasteiger partial charge in [-0.3, -0.25) is 39.3 Å². The molecule has 0 aliphatic carbocycles. The fourth-order valence-electron chi connectivity index (χ4n) is 8.59. The molecule has 4 aliphatic heterocycles. The molecule has 6 heterocycles. The lowest BCUT2D eigenvalue weighted by atomic mass is 9.89. The van der Waals surface area contributed by atoms with Crippen molar-refractivity contribution in [3.05, 3.63) is 96.0 Å². The zero-order valence-electron chi connectivity index (χ0n) is 33.2. The van der Waals surface area contributed by atoms with E-state index in [1.54, 1.807) is 18.3 Å². The maximum atomic E-state index is 13.3. The van der Waals surface area contributed by atoms with E-state index in [0.29, 0.717) is 35.2 Å². The first-order chi connectivity index (χ1) is 28.8. The number of benzene rings is 2. The second-order valence-corrected chi connectivity index (χ2v) is 15.6. The van der Waals surface area contributed by atoms with Crippen molar-refractivity contribution in [1.82, 2.24) is 35.0 Å². The van der Waals surface area contributed by atoms with Crippen LogP contribution in [0.3, 0.4) is 0 Å². The van der Waals surface area contributed by atoms with Crippen molar-refractivity contribution in [1.29, 1.82) is 0 Å². The molecule has 0 bridgehead atoms. The average molecular weight is 798 g/mol. The molecule has 59 heavy (non-hydrogen) atoms. The average Bonchev–Trinajstić information content (AvgIpc) is 3.83. The number of fused-ring (bicyclic) bond motifs is 2. The van der Waals surface area contributed by atoms with E-state index in [4.69, 9.17) is 10.7 Å². The third-order valence-electron chi connectivity index (χ3n) is 11.9. The van der Waals surface area contributed by atoms with E-state index in [0.717, 1.165) is 111 Å².